The third-order valence-electron chi connectivity index (χ3n) is 4.14. The molecular formula is C22H21BrN2O6S. The second-order valence-corrected chi connectivity index (χ2v) is 8.19. The number of carbonyl (C=O) groups is 2. The minimum atomic E-state index is -0.477. The lowest BCUT2D eigenvalue weighted by Gasteiger charge is -2.13. The van der Waals surface area contributed by atoms with E-state index in [0.717, 1.165) is 5.75 Å². The number of benzene rings is 2. The zero-order chi connectivity index (χ0) is 23.1. The van der Waals surface area contributed by atoms with Crippen molar-refractivity contribution in [2.75, 3.05) is 27.4 Å². The number of hydrogen-bond acceptors (Lipinski definition) is 8. The third kappa shape index (κ3) is 6.04. The molecule has 0 spiro atoms. The average molecular weight is 521 g/mol. The van der Waals surface area contributed by atoms with Gasteiger partial charge in [0.25, 0.3) is 5.91 Å². The Bertz CT molecular complexity index is 1070. The van der Waals surface area contributed by atoms with E-state index in [-0.39, 0.29) is 19.1 Å². The zero-order valence-electron chi connectivity index (χ0n) is 17.6. The fraction of sp³-hybridized carbons (Fsp3) is 0.227. The minimum Gasteiger partial charge on any atom is -0.497 e. The number of thioether (sulfide) groups is 1. The fourth-order valence-corrected chi connectivity index (χ4v) is 4.12. The number of carbonyl (C=O) groups excluding carboxylic acids is 2. The number of nitrogens with zero attached hydrogens (tertiary/aromatic N) is 1. The van der Waals surface area contributed by atoms with E-state index in [2.05, 4.69) is 26.2 Å². The topological polar surface area (TPSA) is 95.5 Å². The number of halogens is 1. The van der Waals surface area contributed by atoms with E-state index in [9.17, 15) is 9.59 Å². The SMILES string of the molecule is CCOC(=O)COc1c(Br)cc(/C=C2/SC(=Nc3ccc(OC)cc3)NC2=O)cc1OC. The highest BCUT2D eigenvalue weighted by Crippen LogP contribution is 2.38. The predicted octanol–water partition coefficient (Wildman–Crippen LogP) is 4.30. The van der Waals surface area contributed by atoms with Crippen molar-refractivity contribution in [3.05, 3.63) is 51.3 Å². The van der Waals surface area contributed by atoms with Crippen molar-refractivity contribution in [3.63, 3.8) is 0 Å². The standard InChI is InChI=1S/C22H21BrN2O6S/c1-4-30-19(26)12-31-20-16(23)9-13(10-17(20)29-3)11-18-21(27)25-22(32-18)24-14-5-7-15(28-2)8-6-14/h5-11H,4,12H2,1-3H3,(H,24,25,27)/b18-11+. The van der Waals surface area contributed by atoms with Crippen molar-refractivity contribution in [2.24, 2.45) is 4.99 Å². The summed E-state index contributed by atoms with van der Waals surface area (Å²) in [5.74, 6) is 0.779. The van der Waals surface area contributed by atoms with Crippen LogP contribution in [-0.2, 0) is 14.3 Å². The van der Waals surface area contributed by atoms with E-state index in [4.69, 9.17) is 18.9 Å². The van der Waals surface area contributed by atoms with Gasteiger partial charge in [-0.2, -0.15) is 0 Å². The molecule has 1 saturated heterocycles. The van der Waals surface area contributed by atoms with Gasteiger partial charge in [0, 0.05) is 0 Å². The van der Waals surface area contributed by atoms with Crippen LogP contribution in [0.2, 0.25) is 0 Å². The average Bonchev–Trinajstić information content (AvgIpc) is 3.11. The van der Waals surface area contributed by atoms with Crippen LogP contribution in [0, 0.1) is 0 Å². The van der Waals surface area contributed by atoms with E-state index in [1.54, 1.807) is 56.5 Å². The van der Waals surface area contributed by atoms with Gasteiger partial charge in [0.15, 0.2) is 23.3 Å². The molecule has 32 heavy (non-hydrogen) atoms. The second kappa shape index (κ2) is 11.1. The highest BCUT2D eigenvalue weighted by atomic mass is 79.9. The molecule has 0 aliphatic carbocycles. The number of hydrogen-bond donors (Lipinski definition) is 1. The van der Waals surface area contributed by atoms with Crippen molar-refractivity contribution in [1.82, 2.24) is 5.32 Å². The van der Waals surface area contributed by atoms with Crippen LogP contribution < -0.4 is 19.5 Å². The fourth-order valence-electron chi connectivity index (χ4n) is 2.70. The molecule has 0 saturated carbocycles. The summed E-state index contributed by atoms with van der Waals surface area (Å²) in [4.78, 5) is 28.9. The van der Waals surface area contributed by atoms with Gasteiger partial charge in [-0.05, 0) is 82.7 Å². The molecule has 10 heteroatoms. The molecule has 1 fully saturated rings. The van der Waals surface area contributed by atoms with Crippen LogP contribution in [0.5, 0.6) is 17.2 Å². The first-order valence-corrected chi connectivity index (χ1v) is 11.1. The molecule has 0 unspecified atom stereocenters. The summed E-state index contributed by atoms with van der Waals surface area (Å²) in [6, 6.07) is 10.7. The molecule has 3 rings (SSSR count). The van der Waals surface area contributed by atoms with Gasteiger partial charge < -0.3 is 24.3 Å². The molecule has 0 atom stereocenters. The molecule has 0 bridgehead atoms. The Kier molecular flexibility index (Phi) is 8.18. The van der Waals surface area contributed by atoms with Gasteiger partial charge in [0.05, 0.1) is 35.9 Å². The van der Waals surface area contributed by atoms with E-state index < -0.39 is 5.97 Å². The Morgan fingerprint density at radius 1 is 1.19 bits per heavy atom. The lowest BCUT2D eigenvalue weighted by Crippen LogP contribution is -2.19. The largest absolute Gasteiger partial charge is 0.497 e. The van der Waals surface area contributed by atoms with Gasteiger partial charge in [-0.1, -0.05) is 0 Å². The summed E-state index contributed by atoms with van der Waals surface area (Å²) in [5, 5.41) is 3.23. The molecule has 0 radical (unpaired) electrons. The molecule has 1 amide bonds. The number of methoxy groups -OCH3 is 2. The Labute approximate surface area is 198 Å². The predicted molar refractivity (Wildman–Crippen MR) is 127 cm³/mol. The number of esters is 1. The maximum Gasteiger partial charge on any atom is 0.344 e. The first kappa shape index (κ1) is 23.7. The second-order valence-electron chi connectivity index (χ2n) is 6.31. The van der Waals surface area contributed by atoms with Crippen molar-refractivity contribution in [1.29, 1.82) is 0 Å². The first-order chi connectivity index (χ1) is 15.4. The summed E-state index contributed by atoms with van der Waals surface area (Å²) < 4.78 is 21.5. The Morgan fingerprint density at radius 2 is 1.94 bits per heavy atom. The van der Waals surface area contributed by atoms with Crippen LogP contribution in [0.3, 0.4) is 0 Å². The summed E-state index contributed by atoms with van der Waals surface area (Å²) in [5.41, 5.74) is 1.41. The third-order valence-corrected chi connectivity index (χ3v) is 5.64. The van der Waals surface area contributed by atoms with E-state index in [1.807, 2.05) is 0 Å². The van der Waals surface area contributed by atoms with Gasteiger partial charge >= 0.3 is 5.97 Å². The minimum absolute atomic E-state index is 0.243. The number of aliphatic imine (C=N–C) groups is 1. The molecule has 2 aromatic carbocycles. The summed E-state index contributed by atoms with van der Waals surface area (Å²) in [6.45, 7) is 1.75. The Balaban J connectivity index is 1.78. The molecule has 1 heterocycles. The molecule has 0 aromatic heterocycles. The van der Waals surface area contributed by atoms with Crippen LogP contribution in [0.15, 0.2) is 50.8 Å². The van der Waals surface area contributed by atoms with Gasteiger partial charge in [-0.3, -0.25) is 4.79 Å². The number of amidine groups is 1. The monoisotopic (exact) mass is 520 g/mol. The molecule has 2 aromatic rings. The molecule has 1 N–H and O–H groups in total. The van der Waals surface area contributed by atoms with Gasteiger partial charge in [0.1, 0.15) is 5.75 Å². The summed E-state index contributed by atoms with van der Waals surface area (Å²) in [7, 11) is 3.09. The van der Waals surface area contributed by atoms with Crippen molar-refractivity contribution in [3.8, 4) is 17.2 Å². The van der Waals surface area contributed by atoms with Crippen LogP contribution >= 0.6 is 27.7 Å². The normalized spacial score (nSPS) is 15.6. The summed E-state index contributed by atoms with van der Waals surface area (Å²) >= 11 is 4.66. The number of ether oxygens (including phenoxy) is 4. The van der Waals surface area contributed by atoms with E-state index in [0.29, 0.717) is 37.3 Å². The molecule has 1 aliphatic rings. The Hall–Kier alpha value is -2.98. The van der Waals surface area contributed by atoms with Gasteiger partial charge in [0.2, 0.25) is 0 Å². The smallest absolute Gasteiger partial charge is 0.344 e. The maximum atomic E-state index is 12.4. The molecule has 8 nitrogen and oxygen atoms in total. The number of rotatable bonds is 8. The molecular weight excluding hydrogens is 500 g/mol. The van der Waals surface area contributed by atoms with E-state index >= 15 is 0 Å². The summed E-state index contributed by atoms with van der Waals surface area (Å²) in [6.07, 6.45) is 1.72. The highest BCUT2D eigenvalue weighted by Gasteiger charge is 2.24. The zero-order valence-corrected chi connectivity index (χ0v) is 20.0. The Morgan fingerprint density at radius 3 is 2.59 bits per heavy atom. The van der Waals surface area contributed by atoms with Crippen LogP contribution in [-0.4, -0.2) is 44.5 Å². The first-order valence-electron chi connectivity index (χ1n) is 9.53. The number of amides is 1. The van der Waals surface area contributed by atoms with Crippen LogP contribution in [0.4, 0.5) is 5.69 Å². The van der Waals surface area contributed by atoms with Gasteiger partial charge in [-0.25, -0.2) is 9.79 Å². The quantitative estimate of drug-likeness (QED) is 0.409. The van der Waals surface area contributed by atoms with Crippen LogP contribution in [0.25, 0.3) is 6.08 Å². The molecule has 1 aliphatic heterocycles. The van der Waals surface area contributed by atoms with Crippen molar-refractivity contribution >= 4 is 56.5 Å². The highest BCUT2D eigenvalue weighted by molar-refractivity contribution is 9.10. The lowest BCUT2D eigenvalue weighted by molar-refractivity contribution is -0.145. The molecule has 168 valence electrons. The number of nitrogens with one attached hydrogen (secondary N) is 1. The van der Waals surface area contributed by atoms with E-state index in [1.165, 1.54) is 18.9 Å². The van der Waals surface area contributed by atoms with Crippen molar-refractivity contribution in [2.45, 2.75) is 6.92 Å². The van der Waals surface area contributed by atoms with Gasteiger partial charge in [-0.15, -0.1) is 0 Å². The van der Waals surface area contributed by atoms with Crippen molar-refractivity contribution < 1.29 is 28.5 Å². The lowest BCUT2D eigenvalue weighted by atomic mass is 10.2. The maximum absolute atomic E-state index is 12.4. The van der Waals surface area contributed by atoms with Crippen LogP contribution in [0.1, 0.15) is 12.5 Å².